The highest BCUT2D eigenvalue weighted by molar-refractivity contribution is 5.82. The zero-order valence-corrected chi connectivity index (χ0v) is 12.2. The predicted molar refractivity (Wildman–Crippen MR) is 81.3 cm³/mol. The molecule has 1 aliphatic rings. The summed E-state index contributed by atoms with van der Waals surface area (Å²) in [6, 6.07) is 8.64. The molecule has 21 heavy (non-hydrogen) atoms. The molecule has 0 radical (unpaired) electrons. The fourth-order valence-electron chi connectivity index (χ4n) is 2.25. The van der Waals surface area contributed by atoms with Crippen LogP contribution in [0.1, 0.15) is 37.3 Å². The second-order valence-corrected chi connectivity index (χ2v) is 5.45. The minimum absolute atomic E-state index is 0.147. The molecule has 1 atom stereocenters. The van der Waals surface area contributed by atoms with E-state index in [9.17, 15) is 9.59 Å². The van der Waals surface area contributed by atoms with Gasteiger partial charge in [-0.15, -0.1) is 0 Å². The van der Waals surface area contributed by atoms with Gasteiger partial charge in [-0.05, 0) is 24.8 Å². The largest absolute Gasteiger partial charge is 0.356 e. The van der Waals surface area contributed by atoms with Crippen LogP contribution in [0.5, 0.6) is 0 Å². The van der Waals surface area contributed by atoms with Crippen LogP contribution >= 0.6 is 0 Å². The van der Waals surface area contributed by atoms with Gasteiger partial charge in [0.1, 0.15) is 6.04 Å². The highest BCUT2D eigenvalue weighted by atomic mass is 16.2. The van der Waals surface area contributed by atoms with Crippen LogP contribution in [-0.2, 0) is 9.59 Å². The lowest BCUT2D eigenvalue weighted by Gasteiger charge is -2.24. The summed E-state index contributed by atoms with van der Waals surface area (Å²) < 4.78 is 0. The van der Waals surface area contributed by atoms with Gasteiger partial charge in [-0.3, -0.25) is 9.59 Å². The molecule has 1 aliphatic carbocycles. The average molecular weight is 289 g/mol. The zero-order chi connectivity index (χ0) is 15.1. The molecular formula is C16H23N3O2. The lowest BCUT2D eigenvalue weighted by molar-refractivity contribution is -0.127. The Morgan fingerprint density at radius 3 is 2.43 bits per heavy atom. The maximum Gasteiger partial charge on any atom is 0.241 e. The van der Waals surface area contributed by atoms with E-state index in [4.69, 9.17) is 5.73 Å². The molecule has 1 aromatic carbocycles. The molecule has 5 heteroatoms. The Hall–Kier alpha value is -1.88. The molecule has 0 spiro atoms. The van der Waals surface area contributed by atoms with Crippen molar-refractivity contribution in [2.75, 3.05) is 13.1 Å². The number of hydrogen-bond donors (Lipinski definition) is 3. The molecule has 0 bridgehead atoms. The molecule has 2 rings (SSSR count). The minimum Gasteiger partial charge on any atom is -0.356 e. The Kier molecular flexibility index (Phi) is 5.75. The van der Waals surface area contributed by atoms with E-state index in [0.717, 1.165) is 24.8 Å². The molecular weight excluding hydrogens is 266 g/mol. The summed E-state index contributed by atoms with van der Waals surface area (Å²) in [5, 5.41) is 5.69. The van der Waals surface area contributed by atoms with Crippen molar-refractivity contribution in [3.8, 4) is 0 Å². The minimum atomic E-state index is -0.643. The lowest BCUT2D eigenvalue weighted by Crippen LogP contribution is -2.38. The first-order chi connectivity index (χ1) is 10.2. The first-order valence-electron chi connectivity index (χ1n) is 7.54. The second kappa shape index (κ2) is 7.78. The first kappa shape index (κ1) is 15.5. The van der Waals surface area contributed by atoms with Gasteiger partial charge in [0.05, 0.1) is 0 Å². The van der Waals surface area contributed by atoms with Gasteiger partial charge >= 0.3 is 0 Å². The predicted octanol–water partition coefficient (Wildman–Crippen LogP) is 1.11. The zero-order valence-electron chi connectivity index (χ0n) is 12.2. The fourth-order valence-corrected chi connectivity index (χ4v) is 2.25. The van der Waals surface area contributed by atoms with Gasteiger partial charge in [-0.1, -0.05) is 36.8 Å². The van der Waals surface area contributed by atoms with Crippen LogP contribution < -0.4 is 16.4 Å². The van der Waals surface area contributed by atoms with Crippen LogP contribution in [0.2, 0.25) is 0 Å². The van der Waals surface area contributed by atoms with E-state index in [1.165, 1.54) is 0 Å². The van der Waals surface area contributed by atoms with Crippen LogP contribution in [-0.4, -0.2) is 24.9 Å². The number of carbonyl (C=O) groups excluding carboxylic acids is 2. The Balaban J connectivity index is 1.59. The molecule has 1 aromatic rings. The van der Waals surface area contributed by atoms with E-state index in [1.807, 2.05) is 30.3 Å². The molecule has 5 nitrogen and oxygen atoms in total. The summed E-state index contributed by atoms with van der Waals surface area (Å²) in [6.07, 6.45) is 3.89. The number of hydrogen-bond acceptors (Lipinski definition) is 3. The Bertz CT molecular complexity index is 472. The van der Waals surface area contributed by atoms with E-state index in [1.54, 1.807) is 0 Å². The van der Waals surface area contributed by atoms with Gasteiger partial charge in [0, 0.05) is 19.0 Å². The van der Waals surface area contributed by atoms with Crippen LogP contribution in [0.4, 0.5) is 0 Å². The molecule has 4 N–H and O–H groups in total. The lowest BCUT2D eigenvalue weighted by atomic mass is 9.85. The van der Waals surface area contributed by atoms with E-state index in [0.29, 0.717) is 19.5 Å². The van der Waals surface area contributed by atoms with Crippen LogP contribution in [0, 0.1) is 5.92 Å². The van der Waals surface area contributed by atoms with Gasteiger partial charge in [-0.2, -0.15) is 0 Å². The number of carbonyl (C=O) groups is 2. The molecule has 0 saturated heterocycles. The summed E-state index contributed by atoms with van der Waals surface area (Å²) in [5.74, 6) is 0.172. The van der Waals surface area contributed by atoms with Crippen LogP contribution in [0.3, 0.4) is 0 Å². The summed E-state index contributed by atoms with van der Waals surface area (Å²) in [6.45, 7) is 1.11. The number of benzene rings is 1. The van der Waals surface area contributed by atoms with Crippen LogP contribution in [0.15, 0.2) is 30.3 Å². The maximum absolute atomic E-state index is 11.9. The summed E-state index contributed by atoms with van der Waals surface area (Å²) >= 11 is 0. The third-order valence-electron chi connectivity index (χ3n) is 3.87. The van der Waals surface area contributed by atoms with Gasteiger partial charge in [-0.25, -0.2) is 0 Å². The second-order valence-electron chi connectivity index (χ2n) is 5.45. The molecule has 1 unspecified atom stereocenters. The van der Waals surface area contributed by atoms with Crippen molar-refractivity contribution >= 4 is 11.8 Å². The molecule has 0 aromatic heterocycles. The van der Waals surface area contributed by atoms with E-state index in [-0.39, 0.29) is 17.7 Å². The summed E-state index contributed by atoms with van der Waals surface area (Å²) in [4.78, 5) is 23.5. The Labute approximate surface area is 125 Å². The third kappa shape index (κ3) is 4.56. The summed E-state index contributed by atoms with van der Waals surface area (Å²) in [7, 11) is 0. The molecule has 1 fully saturated rings. The smallest absolute Gasteiger partial charge is 0.241 e. The van der Waals surface area contributed by atoms with Crippen molar-refractivity contribution in [2.45, 2.75) is 31.7 Å². The van der Waals surface area contributed by atoms with E-state index in [2.05, 4.69) is 10.6 Å². The molecule has 0 heterocycles. The SMILES string of the molecule is NC(C(=O)NCCCNC(=O)C1CCC1)c1ccccc1. The van der Waals surface area contributed by atoms with Crippen LogP contribution in [0.25, 0.3) is 0 Å². The van der Waals surface area contributed by atoms with Crippen molar-refractivity contribution in [1.82, 2.24) is 10.6 Å². The van der Waals surface area contributed by atoms with E-state index >= 15 is 0 Å². The first-order valence-corrected chi connectivity index (χ1v) is 7.54. The number of nitrogens with two attached hydrogens (primary N) is 1. The van der Waals surface area contributed by atoms with Crippen molar-refractivity contribution in [2.24, 2.45) is 11.7 Å². The van der Waals surface area contributed by atoms with Crippen molar-refractivity contribution in [3.05, 3.63) is 35.9 Å². The normalized spacial score (nSPS) is 15.9. The van der Waals surface area contributed by atoms with E-state index < -0.39 is 6.04 Å². The molecule has 2 amide bonds. The van der Waals surface area contributed by atoms with Gasteiger partial charge in [0.25, 0.3) is 0 Å². The Morgan fingerprint density at radius 2 is 1.81 bits per heavy atom. The summed E-state index contributed by atoms with van der Waals surface area (Å²) in [5.41, 5.74) is 6.68. The number of rotatable bonds is 7. The van der Waals surface area contributed by atoms with Crippen molar-refractivity contribution in [3.63, 3.8) is 0 Å². The van der Waals surface area contributed by atoms with Gasteiger partial charge < -0.3 is 16.4 Å². The average Bonchev–Trinajstić information content (AvgIpc) is 2.45. The molecule has 1 saturated carbocycles. The Morgan fingerprint density at radius 1 is 1.14 bits per heavy atom. The molecule has 0 aliphatic heterocycles. The van der Waals surface area contributed by atoms with Crippen molar-refractivity contribution in [1.29, 1.82) is 0 Å². The standard InChI is InChI=1S/C16H23N3O2/c17-14(12-6-2-1-3-7-12)16(21)19-11-5-10-18-15(20)13-8-4-9-13/h1-3,6-7,13-14H,4-5,8-11,17H2,(H,18,20)(H,19,21). The quantitative estimate of drug-likeness (QED) is 0.657. The molecule has 114 valence electrons. The highest BCUT2D eigenvalue weighted by Crippen LogP contribution is 2.25. The highest BCUT2D eigenvalue weighted by Gasteiger charge is 2.24. The number of amides is 2. The van der Waals surface area contributed by atoms with Gasteiger partial charge in [0.2, 0.25) is 11.8 Å². The maximum atomic E-state index is 11.9. The number of nitrogens with one attached hydrogen (secondary N) is 2. The topological polar surface area (TPSA) is 84.2 Å². The third-order valence-corrected chi connectivity index (χ3v) is 3.87. The fraction of sp³-hybridized carbons (Fsp3) is 0.500. The monoisotopic (exact) mass is 289 g/mol. The van der Waals surface area contributed by atoms with Gasteiger partial charge in [0.15, 0.2) is 0 Å². The van der Waals surface area contributed by atoms with Crippen molar-refractivity contribution < 1.29 is 9.59 Å².